The Labute approximate surface area is 185 Å². The van der Waals surface area contributed by atoms with Crippen LogP contribution in [0.4, 0.5) is 11.4 Å². The van der Waals surface area contributed by atoms with Gasteiger partial charge >= 0.3 is 0 Å². The highest BCUT2D eigenvalue weighted by molar-refractivity contribution is 9.10. The monoisotopic (exact) mass is 449 g/mol. The summed E-state index contributed by atoms with van der Waals surface area (Å²) >= 11 is 3.48. The Morgan fingerprint density at radius 3 is 1.47 bits per heavy atom. The molecule has 144 valence electrons. The van der Waals surface area contributed by atoms with Crippen LogP contribution in [0.15, 0.2) is 120 Å². The van der Waals surface area contributed by atoms with Crippen LogP contribution in [-0.4, -0.2) is 0 Å². The van der Waals surface area contributed by atoms with Gasteiger partial charge in [-0.05, 0) is 69.4 Å². The van der Waals surface area contributed by atoms with E-state index in [0.717, 1.165) is 15.8 Å². The predicted octanol–water partition coefficient (Wildman–Crippen LogP) is 8.68. The Balaban J connectivity index is 1.51. The Morgan fingerprint density at radius 2 is 0.900 bits per heavy atom. The molecule has 0 aromatic heterocycles. The first-order valence-electron chi connectivity index (χ1n) is 9.98. The van der Waals surface area contributed by atoms with Gasteiger partial charge in [0.25, 0.3) is 0 Å². The number of hydrogen-bond acceptors (Lipinski definition) is 1. The molecule has 1 N–H and O–H groups in total. The molecule has 2 heteroatoms. The highest BCUT2D eigenvalue weighted by atomic mass is 79.9. The Bertz CT molecular complexity index is 1290. The average molecular weight is 450 g/mol. The lowest BCUT2D eigenvalue weighted by Crippen LogP contribution is -1.90. The topological polar surface area (TPSA) is 12.0 Å². The maximum absolute atomic E-state index is 3.48. The third-order valence-electron chi connectivity index (χ3n) is 5.34. The van der Waals surface area contributed by atoms with E-state index in [1.807, 2.05) is 12.1 Å². The van der Waals surface area contributed by atoms with Crippen molar-refractivity contribution in [2.45, 2.75) is 0 Å². The lowest BCUT2D eigenvalue weighted by Gasteiger charge is -2.13. The van der Waals surface area contributed by atoms with Gasteiger partial charge < -0.3 is 5.32 Å². The first kappa shape index (κ1) is 18.7. The van der Waals surface area contributed by atoms with Gasteiger partial charge in [-0.2, -0.15) is 0 Å². The molecule has 5 aromatic carbocycles. The normalized spacial score (nSPS) is 10.8. The second kappa shape index (κ2) is 8.17. The molecule has 0 fully saturated rings. The predicted molar refractivity (Wildman–Crippen MR) is 132 cm³/mol. The second-order valence-electron chi connectivity index (χ2n) is 7.28. The molecule has 0 spiro atoms. The molecule has 5 aromatic rings. The van der Waals surface area contributed by atoms with Gasteiger partial charge in [-0.1, -0.05) is 94.8 Å². The van der Waals surface area contributed by atoms with E-state index in [0.29, 0.717) is 0 Å². The van der Waals surface area contributed by atoms with E-state index in [1.54, 1.807) is 0 Å². The highest BCUT2D eigenvalue weighted by Crippen LogP contribution is 2.36. The minimum absolute atomic E-state index is 1.07. The lowest BCUT2D eigenvalue weighted by molar-refractivity contribution is 1.53. The molecule has 5 rings (SSSR count). The summed E-state index contributed by atoms with van der Waals surface area (Å²) in [5.41, 5.74) is 7.13. The fourth-order valence-corrected chi connectivity index (χ4v) is 4.12. The van der Waals surface area contributed by atoms with Crippen LogP contribution in [0.1, 0.15) is 0 Å². The van der Waals surface area contributed by atoms with Crippen molar-refractivity contribution in [1.82, 2.24) is 0 Å². The fourth-order valence-electron chi connectivity index (χ4n) is 3.85. The quantitative estimate of drug-likeness (QED) is 0.289. The summed E-state index contributed by atoms with van der Waals surface area (Å²) in [6.45, 7) is 0. The van der Waals surface area contributed by atoms with Gasteiger partial charge in [-0.15, -0.1) is 0 Å². The van der Waals surface area contributed by atoms with Crippen molar-refractivity contribution in [2.24, 2.45) is 0 Å². The van der Waals surface area contributed by atoms with Crippen molar-refractivity contribution in [2.75, 3.05) is 5.32 Å². The van der Waals surface area contributed by atoms with Crippen molar-refractivity contribution in [3.63, 3.8) is 0 Å². The first-order valence-corrected chi connectivity index (χ1v) is 10.8. The molecule has 0 aliphatic rings. The van der Waals surface area contributed by atoms with E-state index in [-0.39, 0.29) is 0 Å². The second-order valence-corrected chi connectivity index (χ2v) is 8.20. The number of fused-ring (bicyclic) bond motifs is 1. The van der Waals surface area contributed by atoms with Crippen LogP contribution in [0.2, 0.25) is 0 Å². The lowest BCUT2D eigenvalue weighted by atomic mass is 9.92. The van der Waals surface area contributed by atoms with Crippen LogP contribution in [-0.2, 0) is 0 Å². The van der Waals surface area contributed by atoms with Gasteiger partial charge in [0.05, 0.1) is 0 Å². The molecule has 0 unspecified atom stereocenters. The van der Waals surface area contributed by atoms with E-state index in [4.69, 9.17) is 0 Å². The summed E-state index contributed by atoms with van der Waals surface area (Å²) in [6.07, 6.45) is 0. The Morgan fingerprint density at radius 1 is 0.433 bits per heavy atom. The molecule has 0 bridgehead atoms. The van der Waals surface area contributed by atoms with Crippen molar-refractivity contribution >= 4 is 38.1 Å². The van der Waals surface area contributed by atoms with Gasteiger partial charge in [-0.3, -0.25) is 0 Å². The average Bonchev–Trinajstić information content (AvgIpc) is 2.81. The fraction of sp³-hybridized carbons (Fsp3) is 0. The van der Waals surface area contributed by atoms with E-state index < -0.39 is 0 Å². The molecule has 0 aliphatic heterocycles. The summed E-state index contributed by atoms with van der Waals surface area (Å²) in [6, 6.07) is 40.6. The SMILES string of the molecule is Brc1ccc(Nc2ccc(-c3ccc(-c4ccccc4)c4ccccc34)cc2)cc1. The zero-order valence-electron chi connectivity index (χ0n) is 16.3. The van der Waals surface area contributed by atoms with Gasteiger partial charge in [0, 0.05) is 15.8 Å². The van der Waals surface area contributed by atoms with E-state index >= 15 is 0 Å². The zero-order chi connectivity index (χ0) is 20.3. The molecule has 0 saturated carbocycles. The molecule has 0 radical (unpaired) electrons. The first-order chi connectivity index (χ1) is 14.8. The van der Waals surface area contributed by atoms with E-state index in [9.17, 15) is 0 Å². The minimum atomic E-state index is 1.07. The molecule has 0 atom stereocenters. The third kappa shape index (κ3) is 3.74. The number of anilines is 2. The van der Waals surface area contributed by atoms with Crippen LogP contribution in [0.3, 0.4) is 0 Å². The largest absolute Gasteiger partial charge is 0.356 e. The summed E-state index contributed by atoms with van der Waals surface area (Å²) in [4.78, 5) is 0. The molecular formula is C28H20BrN. The number of rotatable bonds is 4. The summed E-state index contributed by atoms with van der Waals surface area (Å²) in [7, 11) is 0. The highest BCUT2D eigenvalue weighted by Gasteiger charge is 2.09. The van der Waals surface area contributed by atoms with Crippen molar-refractivity contribution in [3.8, 4) is 22.3 Å². The van der Waals surface area contributed by atoms with E-state index in [2.05, 4.69) is 124 Å². The van der Waals surface area contributed by atoms with Crippen molar-refractivity contribution in [1.29, 1.82) is 0 Å². The minimum Gasteiger partial charge on any atom is -0.356 e. The number of halogens is 1. The van der Waals surface area contributed by atoms with Crippen LogP contribution < -0.4 is 5.32 Å². The summed E-state index contributed by atoms with van der Waals surface area (Å²) in [5, 5.41) is 6.00. The Kier molecular flexibility index (Phi) is 5.08. The van der Waals surface area contributed by atoms with Crippen LogP contribution >= 0.6 is 15.9 Å². The van der Waals surface area contributed by atoms with E-state index in [1.165, 1.54) is 33.0 Å². The maximum Gasteiger partial charge on any atom is 0.0384 e. The molecule has 1 nitrogen and oxygen atoms in total. The molecular weight excluding hydrogens is 430 g/mol. The molecule has 0 saturated heterocycles. The van der Waals surface area contributed by atoms with Gasteiger partial charge in [0.2, 0.25) is 0 Å². The number of hydrogen-bond donors (Lipinski definition) is 1. The maximum atomic E-state index is 3.48. The Hall–Kier alpha value is -3.36. The zero-order valence-corrected chi connectivity index (χ0v) is 17.9. The molecule has 0 amide bonds. The van der Waals surface area contributed by atoms with Crippen LogP contribution in [0.5, 0.6) is 0 Å². The third-order valence-corrected chi connectivity index (χ3v) is 5.87. The van der Waals surface area contributed by atoms with Crippen molar-refractivity contribution < 1.29 is 0 Å². The number of nitrogens with one attached hydrogen (secondary N) is 1. The summed E-state index contributed by atoms with van der Waals surface area (Å²) in [5.74, 6) is 0. The summed E-state index contributed by atoms with van der Waals surface area (Å²) < 4.78 is 1.08. The molecule has 0 aliphatic carbocycles. The van der Waals surface area contributed by atoms with Gasteiger partial charge in [-0.25, -0.2) is 0 Å². The van der Waals surface area contributed by atoms with Crippen LogP contribution in [0, 0.1) is 0 Å². The van der Waals surface area contributed by atoms with Crippen molar-refractivity contribution in [3.05, 3.63) is 120 Å². The van der Waals surface area contributed by atoms with Crippen LogP contribution in [0.25, 0.3) is 33.0 Å². The standard InChI is InChI=1S/C28H20BrN/c29-22-12-16-24(17-13-22)30-23-14-10-21(11-15-23)26-19-18-25(20-6-2-1-3-7-20)27-8-4-5-9-28(26)27/h1-19,30H. The molecule has 0 heterocycles. The number of benzene rings is 5. The van der Waals surface area contributed by atoms with Gasteiger partial charge in [0.15, 0.2) is 0 Å². The van der Waals surface area contributed by atoms with Gasteiger partial charge in [0.1, 0.15) is 0 Å². The smallest absolute Gasteiger partial charge is 0.0384 e. The molecule has 30 heavy (non-hydrogen) atoms.